The maximum absolute atomic E-state index is 12.2. The average molecular weight is 268 g/mol. The highest BCUT2D eigenvalue weighted by Gasteiger charge is 2.24. The van der Waals surface area contributed by atoms with Crippen molar-refractivity contribution in [3.8, 4) is 0 Å². The van der Waals surface area contributed by atoms with E-state index in [4.69, 9.17) is 5.73 Å². The van der Waals surface area contributed by atoms with Crippen LogP contribution in [0.15, 0.2) is 29.2 Å². The summed E-state index contributed by atoms with van der Waals surface area (Å²) in [7, 11) is -3.44. The van der Waals surface area contributed by atoms with Gasteiger partial charge < -0.3 is 5.73 Å². The first kappa shape index (κ1) is 13.4. The average Bonchev–Trinajstić information content (AvgIpc) is 2.28. The first-order valence-electron chi connectivity index (χ1n) is 6.35. The second-order valence-electron chi connectivity index (χ2n) is 5.16. The molecule has 0 saturated heterocycles. The topological polar surface area (TPSA) is 72.2 Å². The zero-order chi connectivity index (χ0) is 13.2. The molecule has 0 aromatic heterocycles. The van der Waals surface area contributed by atoms with Gasteiger partial charge in [0.15, 0.2) is 0 Å². The van der Waals surface area contributed by atoms with Gasteiger partial charge in [-0.2, -0.15) is 0 Å². The molecule has 5 heteroatoms. The minimum atomic E-state index is -3.44. The minimum Gasteiger partial charge on any atom is -0.399 e. The number of sulfonamides is 1. The molecule has 18 heavy (non-hydrogen) atoms. The molecule has 3 N–H and O–H groups in total. The number of hydrogen-bond acceptors (Lipinski definition) is 3. The fraction of sp³-hybridized carbons (Fsp3) is 0.538. The van der Waals surface area contributed by atoms with Crippen LogP contribution in [0.2, 0.25) is 0 Å². The van der Waals surface area contributed by atoms with Gasteiger partial charge in [0.1, 0.15) is 0 Å². The molecular formula is C13H20N2O2S. The molecule has 1 fully saturated rings. The number of anilines is 1. The van der Waals surface area contributed by atoms with Crippen molar-refractivity contribution < 1.29 is 8.42 Å². The van der Waals surface area contributed by atoms with Crippen LogP contribution in [0.3, 0.4) is 0 Å². The first-order valence-corrected chi connectivity index (χ1v) is 7.83. The summed E-state index contributed by atoms with van der Waals surface area (Å²) in [6, 6.07) is 6.47. The van der Waals surface area contributed by atoms with Crippen LogP contribution in [0.25, 0.3) is 0 Å². The van der Waals surface area contributed by atoms with Crippen molar-refractivity contribution in [1.82, 2.24) is 4.72 Å². The lowest BCUT2D eigenvalue weighted by Gasteiger charge is -2.27. The van der Waals surface area contributed by atoms with Gasteiger partial charge in [0.2, 0.25) is 10.0 Å². The molecule has 0 bridgehead atoms. The normalized spacial score (nSPS) is 24.9. The standard InChI is InChI=1S/C13H20N2O2S/c1-10-4-2-6-12(8-10)15-18(16,17)13-7-3-5-11(14)9-13/h3,5,7,9-10,12,15H,2,4,6,8,14H2,1H3/t10-,12-/m1/s1. The molecular weight excluding hydrogens is 248 g/mol. The predicted octanol–water partition coefficient (Wildman–Crippen LogP) is 2.13. The van der Waals surface area contributed by atoms with E-state index in [0.29, 0.717) is 11.6 Å². The van der Waals surface area contributed by atoms with Crippen molar-refractivity contribution in [3.05, 3.63) is 24.3 Å². The molecule has 2 atom stereocenters. The Labute approximate surface area is 109 Å². The van der Waals surface area contributed by atoms with Crippen molar-refractivity contribution in [2.24, 2.45) is 5.92 Å². The maximum Gasteiger partial charge on any atom is 0.240 e. The van der Waals surface area contributed by atoms with Gasteiger partial charge in [0.25, 0.3) is 0 Å². The third-order valence-electron chi connectivity index (χ3n) is 3.43. The number of rotatable bonds is 3. The van der Waals surface area contributed by atoms with Crippen molar-refractivity contribution in [2.45, 2.75) is 43.5 Å². The van der Waals surface area contributed by atoms with Gasteiger partial charge in [-0.1, -0.05) is 25.8 Å². The summed E-state index contributed by atoms with van der Waals surface area (Å²) in [4.78, 5) is 0.251. The number of nitrogens with one attached hydrogen (secondary N) is 1. The second kappa shape index (κ2) is 5.28. The minimum absolute atomic E-state index is 0.0557. The summed E-state index contributed by atoms with van der Waals surface area (Å²) >= 11 is 0. The van der Waals surface area contributed by atoms with Crippen molar-refractivity contribution in [3.63, 3.8) is 0 Å². The smallest absolute Gasteiger partial charge is 0.240 e. The van der Waals surface area contributed by atoms with Crippen molar-refractivity contribution >= 4 is 15.7 Å². The van der Waals surface area contributed by atoms with E-state index in [9.17, 15) is 8.42 Å². The van der Waals surface area contributed by atoms with Gasteiger partial charge >= 0.3 is 0 Å². The van der Waals surface area contributed by atoms with Crippen molar-refractivity contribution in [1.29, 1.82) is 0 Å². The molecule has 0 spiro atoms. The summed E-state index contributed by atoms with van der Waals surface area (Å²) in [5.74, 6) is 0.590. The Morgan fingerprint density at radius 2 is 2.11 bits per heavy atom. The molecule has 1 saturated carbocycles. The Kier molecular flexibility index (Phi) is 3.92. The Hall–Kier alpha value is -1.07. The molecule has 1 aromatic carbocycles. The summed E-state index contributed by atoms with van der Waals surface area (Å²) in [6.07, 6.45) is 4.12. The predicted molar refractivity (Wildman–Crippen MR) is 72.6 cm³/mol. The quantitative estimate of drug-likeness (QED) is 0.825. The molecule has 0 unspecified atom stereocenters. The Bertz CT molecular complexity index is 513. The number of nitrogens with two attached hydrogens (primary N) is 1. The van der Waals surface area contributed by atoms with Crippen LogP contribution in [-0.4, -0.2) is 14.5 Å². The van der Waals surface area contributed by atoms with E-state index < -0.39 is 10.0 Å². The maximum atomic E-state index is 12.2. The van der Waals surface area contributed by atoms with E-state index in [1.54, 1.807) is 18.2 Å². The highest BCUT2D eigenvalue weighted by molar-refractivity contribution is 7.89. The zero-order valence-electron chi connectivity index (χ0n) is 10.6. The fourth-order valence-corrected chi connectivity index (χ4v) is 3.85. The van der Waals surface area contributed by atoms with Crippen LogP contribution in [0, 0.1) is 5.92 Å². The van der Waals surface area contributed by atoms with Crippen LogP contribution in [-0.2, 0) is 10.0 Å². The molecule has 1 aliphatic rings. The third kappa shape index (κ3) is 3.23. The molecule has 0 radical (unpaired) electrons. The van der Waals surface area contributed by atoms with Gasteiger partial charge in [-0.15, -0.1) is 0 Å². The summed E-state index contributed by atoms with van der Waals surface area (Å²) < 4.78 is 27.2. The molecule has 1 aliphatic carbocycles. The summed E-state index contributed by atoms with van der Waals surface area (Å²) in [6.45, 7) is 2.17. The molecule has 4 nitrogen and oxygen atoms in total. The highest BCUT2D eigenvalue weighted by Crippen LogP contribution is 2.25. The first-order chi connectivity index (χ1) is 8.47. The van der Waals surface area contributed by atoms with Crippen LogP contribution in [0.4, 0.5) is 5.69 Å². The van der Waals surface area contributed by atoms with Gasteiger partial charge in [0.05, 0.1) is 4.90 Å². The van der Waals surface area contributed by atoms with Crippen LogP contribution in [0.1, 0.15) is 32.6 Å². The molecule has 0 amide bonds. The number of hydrogen-bond donors (Lipinski definition) is 2. The monoisotopic (exact) mass is 268 g/mol. The van der Waals surface area contributed by atoms with E-state index in [2.05, 4.69) is 11.6 Å². The van der Waals surface area contributed by atoms with E-state index in [0.717, 1.165) is 19.3 Å². The third-order valence-corrected chi connectivity index (χ3v) is 4.94. The fourth-order valence-electron chi connectivity index (χ4n) is 2.51. The molecule has 0 heterocycles. The lowest BCUT2D eigenvalue weighted by molar-refractivity contribution is 0.327. The molecule has 1 aromatic rings. The number of benzene rings is 1. The SMILES string of the molecule is C[C@@H]1CCC[C@@H](NS(=O)(=O)c2cccc(N)c2)C1. The largest absolute Gasteiger partial charge is 0.399 e. The van der Waals surface area contributed by atoms with Gasteiger partial charge in [-0.05, 0) is 37.0 Å². The Morgan fingerprint density at radius 1 is 1.33 bits per heavy atom. The second-order valence-corrected chi connectivity index (χ2v) is 6.88. The lowest BCUT2D eigenvalue weighted by Crippen LogP contribution is -2.37. The van der Waals surface area contributed by atoms with Gasteiger partial charge in [0, 0.05) is 11.7 Å². The zero-order valence-corrected chi connectivity index (χ0v) is 11.4. The Balaban J connectivity index is 2.12. The molecule has 100 valence electrons. The van der Waals surface area contributed by atoms with E-state index in [-0.39, 0.29) is 10.9 Å². The lowest BCUT2D eigenvalue weighted by atomic mass is 9.88. The van der Waals surface area contributed by atoms with Crippen LogP contribution < -0.4 is 10.5 Å². The van der Waals surface area contributed by atoms with E-state index in [1.165, 1.54) is 12.5 Å². The Morgan fingerprint density at radius 3 is 2.78 bits per heavy atom. The van der Waals surface area contributed by atoms with Gasteiger partial charge in [-0.3, -0.25) is 0 Å². The van der Waals surface area contributed by atoms with E-state index in [1.807, 2.05) is 0 Å². The highest BCUT2D eigenvalue weighted by atomic mass is 32.2. The number of nitrogen functional groups attached to an aromatic ring is 1. The summed E-state index contributed by atoms with van der Waals surface area (Å²) in [5.41, 5.74) is 6.09. The van der Waals surface area contributed by atoms with Crippen molar-refractivity contribution in [2.75, 3.05) is 5.73 Å². The van der Waals surface area contributed by atoms with Crippen LogP contribution >= 0.6 is 0 Å². The van der Waals surface area contributed by atoms with Crippen LogP contribution in [0.5, 0.6) is 0 Å². The van der Waals surface area contributed by atoms with E-state index >= 15 is 0 Å². The van der Waals surface area contributed by atoms with Gasteiger partial charge in [-0.25, -0.2) is 13.1 Å². The molecule has 2 rings (SSSR count). The molecule has 0 aliphatic heterocycles. The summed E-state index contributed by atoms with van der Waals surface area (Å²) in [5, 5.41) is 0.